The van der Waals surface area contributed by atoms with Gasteiger partial charge in [-0.2, -0.15) is 9.78 Å². The lowest BCUT2D eigenvalue weighted by molar-refractivity contribution is 0.250. The number of anilines is 1. The first kappa shape index (κ1) is 13.6. The number of nitrogens with one attached hydrogen (secondary N) is 2. The Morgan fingerprint density at radius 3 is 2.86 bits per heavy atom. The summed E-state index contributed by atoms with van der Waals surface area (Å²) in [5.74, 6) is 0.756. The molecule has 1 amide bonds. The number of fused-ring (bicyclic) bond motifs is 1. The van der Waals surface area contributed by atoms with Gasteiger partial charge in [-0.1, -0.05) is 0 Å². The molecule has 1 aliphatic heterocycles. The Hall–Kier alpha value is -2.34. The molecular formula is C15H18N4O2. The van der Waals surface area contributed by atoms with Gasteiger partial charge in [0, 0.05) is 30.8 Å². The van der Waals surface area contributed by atoms with Gasteiger partial charge in [-0.3, -0.25) is 0 Å². The highest BCUT2D eigenvalue weighted by Gasteiger charge is 2.21. The van der Waals surface area contributed by atoms with E-state index >= 15 is 0 Å². The number of hydrogen-bond acceptors (Lipinski definition) is 4. The summed E-state index contributed by atoms with van der Waals surface area (Å²) < 4.78 is 6.58. The Morgan fingerprint density at radius 2 is 2.14 bits per heavy atom. The molecule has 0 radical (unpaired) electrons. The Kier molecular flexibility index (Phi) is 3.62. The summed E-state index contributed by atoms with van der Waals surface area (Å²) in [4.78, 5) is 12.4. The summed E-state index contributed by atoms with van der Waals surface area (Å²) in [6, 6.07) is 7.00. The van der Waals surface area contributed by atoms with Crippen molar-refractivity contribution in [3.05, 3.63) is 41.2 Å². The van der Waals surface area contributed by atoms with Gasteiger partial charge in [0.25, 0.3) is 0 Å². The number of nitrogens with zero attached hydrogens (tertiary/aromatic N) is 2. The van der Waals surface area contributed by atoms with Gasteiger partial charge < -0.3 is 15.4 Å². The highest BCUT2D eigenvalue weighted by Crippen LogP contribution is 2.19. The number of methoxy groups -OCH3 is 1. The number of amides is 1. The van der Waals surface area contributed by atoms with Gasteiger partial charge in [0.2, 0.25) is 0 Å². The maximum atomic E-state index is 12.4. The zero-order valence-corrected chi connectivity index (χ0v) is 12.1. The van der Waals surface area contributed by atoms with Gasteiger partial charge in [-0.05, 0) is 31.2 Å². The topological polar surface area (TPSA) is 68.2 Å². The SMILES string of the molecule is COc1ccc(NC(=O)n2nc(C)c3c2CCNC3)cc1. The molecule has 1 aromatic carbocycles. The standard InChI is InChI=1S/C15H18N4O2/c1-10-13-9-16-8-7-14(13)19(18-10)15(20)17-11-3-5-12(21-2)6-4-11/h3-6,16H,7-9H2,1-2H3,(H,17,20). The van der Waals surface area contributed by atoms with E-state index in [1.165, 1.54) is 4.68 Å². The van der Waals surface area contributed by atoms with E-state index in [9.17, 15) is 4.79 Å². The van der Waals surface area contributed by atoms with Crippen LogP contribution in [0.5, 0.6) is 5.75 Å². The van der Waals surface area contributed by atoms with E-state index in [-0.39, 0.29) is 6.03 Å². The zero-order chi connectivity index (χ0) is 14.8. The average molecular weight is 286 g/mol. The molecule has 1 aliphatic rings. The lowest BCUT2D eigenvalue weighted by atomic mass is 10.1. The van der Waals surface area contributed by atoms with Crippen LogP contribution in [0.3, 0.4) is 0 Å². The first-order valence-corrected chi connectivity index (χ1v) is 6.92. The third kappa shape index (κ3) is 2.62. The largest absolute Gasteiger partial charge is 0.497 e. The normalized spacial score (nSPS) is 13.6. The molecule has 0 bridgehead atoms. The summed E-state index contributed by atoms with van der Waals surface area (Å²) in [7, 11) is 1.61. The van der Waals surface area contributed by atoms with Gasteiger partial charge in [-0.15, -0.1) is 0 Å². The molecular weight excluding hydrogens is 268 g/mol. The van der Waals surface area contributed by atoms with Crippen LogP contribution in [0.25, 0.3) is 0 Å². The molecule has 3 rings (SSSR count). The van der Waals surface area contributed by atoms with E-state index in [4.69, 9.17) is 4.74 Å². The Bertz CT molecular complexity index is 661. The second-order valence-electron chi connectivity index (χ2n) is 5.01. The Labute approximate surface area is 123 Å². The zero-order valence-electron chi connectivity index (χ0n) is 12.1. The van der Waals surface area contributed by atoms with E-state index in [0.29, 0.717) is 0 Å². The van der Waals surface area contributed by atoms with Crippen molar-refractivity contribution in [3.8, 4) is 5.75 Å². The molecule has 2 aromatic rings. The fourth-order valence-electron chi connectivity index (χ4n) is 2.53. The van der Waals surface area contributed by atoms with Crippen LogP contribution in [0.2, 0.25) is 0 Å². The minimum Gasteiger partial charge on any atom is -0.497 e. The van der Waals surface area contributed by atoms with Crippen molar-refractivity contribution in [2.24, 2.45) is 0 Å². The maximum Gasteiger partial charge on any atom is 0.346 e. The van der Waals surface area contributed by atoms with Crippen LogP contribution in [0.4, 0.5) is 10.5 Å². The van der Waals surface area contributed by atoms with Crippen LogP contribution in [0.1, 0.15) is 17.0 Å². The molecule has 2 heterocycles. The third-order valence-electron chi connectivity index (χ3n) is 3.66. The fourth-order valence-corrected chi connectivity index (χ4v) is 2.53. The minimum absolute atomic E-state index is 0.230. The van der Waals surface area contributed by atoms with E-state index in [0.717, 1.165) is 47.9 Å². The van der Waals surface area contributed by atoms with E-state index < -0.39 is 0 Å². The summed E-state index contributed by atoms with van der Waals surface area (Å²) in [6.45, 7) is 3.58. The van der Waals surface area contributed by atoms with Crippen LogP contribution in [-0.2, 0) is 13.0 Å². The number of aryl methyl sites for hydroxylation is 1. The van der Waals surface area contributed by atoms with Gasteiger partial charge in [-0.25, -0.2) is 4.79 Å². The molecule has 1 aromatic heterocycles. The quantitative estimate of drug-likeness (QED) is 0.885. The van der Waals surface area contributed by atoms with Crippen molar-refractivity contribution in [2.45, 2.75) is 19.9 Å². The van der Waals surface area contributed by atoms with Crippen LogP contribution in [0.15, 0.2) is 24.3 Å². The minimum atomic E-state index is -0.230. The van der Waals surface area contributed by atoms with Crippen molar-refractivity contribution in [3.63, 3.8) is 0 Å². The van der Waals surface area contributed by atoms with Crippen molar-refractivity contribution < 1.29 is 9.53 Å². The smallest absolute Gasteiger partial charge is 0.346 e. The molecule has 6 heteroatoms. The number of rotatable bonds is 2. The molecule has 2 N–H and O–H groups in total. The van der Waals surface area contributed by atoms with Gasteiger partial charge in [0.1, 0.15) is 5.75 Å². The van der Waals surface area contributed by atoms with E-state index in [1.54, 1.807) is 19.2 Å². The molecule has 0 aliphatic carbocycles. The number of benzene rings is 1. The molecule has 0 saturated carbocycles. The maximum absolute atomic E-state index is 12.4. The van der Waals surface area contributed by atoms with Crippen molar-refractivity contribution in [1.29, 1.82) is 0 Å². The molecule has 0 saturated heterocycles. The lowest BCUT2D eigenvalue weighted by Crippen LogP contribution is -2.28. The Balaban J connectivity index is 1.82. The second-order valence-corrected chi connectivity index (χ2v) is 5.01. The van der Waals surface area contributed by atoms with E-state index in [2.05, 4.69) is 15.7 Å². The van der Waals surface area contributed by atoms with E-state index in [1.807, 2.05) is 19.1 Å². The summed E-state index contributed by atoms with van der Waals surface area (Å²) >= 11 is 0. The van der Waals surface area contributed by atoms with Crippen molar-refractivity contribution >= 4 is 11.7 Å². The number of aromatic nitrogens is 2. The Morgan fingerprint density at radius 1 is 1.38 bits per heavy atom. The van der Waals surface area contributed by atoms with Gasteiger partial charge in [0.05, 0.1) is 18.5 Å². The van der Waals surface area contributed by atoms with Crippen LogP contribution in [-0.4, -0.2) is 29.5 Å². The van der Waals surface area contributed by atoms with Crippen molar-refractivity contribution in [2.75, 3.05) is 19.0 Å². The van der Waals surface area contributed by atoms with Crippen molar-refractivity contribution in [1.82, 2.24) is 15.1 Å². The highest BCUT2D eigenvalue weighted by atomic mass is 16.5. The first-order chi connectivity index (χ1) is 10.2. The van der Waals surface area contributed by atoms with Crippen LogP contribution < -0.4 is 15.4 Å². The number of carbonyl (C=O) groups excluding carboxylic acids is 1. The second kappa shape index (κ2) is 5.57. The average Bonchev–Trinajstić information content (AvgIpc) is 2.86. The third-order valence-corrected chi connectivity index (χ3v) is 3.66. The number of carbonyl (C=O) groups is 1. The summed E-state index contributed by atoms with van der Waals surface area (Å²) in [6.07, 6.45) is 0.812. The predicted octanol–water partition coefficient (Wildman–Crippen LogP) is 1.93. The van der Waals surface area contributed by atoms with Crippen LogP contribution in [0, 0.1) is 6.92 Å². The number of ether oxygens (including phenoxy) is 1. The molecule has 0 spiro atoms. The molecule has 6 nitrogen and oxygen atoms in total. The number of hydrogen-bond donors (Lipinski definition) is 2. The molecule has 0 fully saturated rings. The molecule has 0 unspecified atom stereocenters. The fraction of sp³-hybridized carbons (Fsp3) is 0.333. The molecule has 110 valence electrons. The summed E-state index contributed by atoms with van der Waals surface area (Å²) in [5.41, 5.74) is 3.75. The van der Waals surface area contributed by atoms with Gasteiger partial charge in [0.15, 0.2) is 0 Å². The molecule has 21 heavy (non-hydrogen) atoms. The van der Waals surface area contributed by atoms with Crippen LogP contribution >= 0.6 is 0 Å². The summed E-state index contributed by atoms with van der Waals surface area (Å²) in [5, 5.41) is 10.5. The lowest BCUT2D eigenvalue weighted by Gasteiger charge is -2.15. The monoisotopic (exact) mass is 286 g/mol. The molecule has 0 atom stereocenters. The van der Waals surface area contributed by atoms with Gasteiger partial charge >= 0.3 is 6.03 Å². The predicted molar refractivity (Wildman–Crippen MR) is 79.8 cm³/mol. The first-order valence-electron chi connectivity index (χ1n) is 6.92. The highest BCUT2D eigenvalue weighted by molar-refractivity contribution is 5.91.